The van der Waals surface area contributed by atoms with Gasteiger partial charge in [-0.15, -0.1) is 0 Å². The fourth-order valence-electron chi connectivity index (χ4n) is 2.03. The van der Waals surface area contributed by atoms with E-state index in [0.29, 0.717) is 18.9 Å². The molecular formula is C14H12BrFN2O. The minimum atomic E-state index is -0.221. The molecule has 19 heavy (non-hydrogen) atoms. The fourth-order valence-corrected chi connectivity index (χ4v) is 2.45. The number of aromatic nitrogens is 1. The fraction of sp³-hybridized carbons (Fsp3) is 0.214. The van der Waals surface area contributed by atoms with E-state index in [9.17, 15) is 4.39 Å². The Bertz CT molecular complexity index is 601. The van der Waals surface area contributed by atoms with Crippen molar-refractivity contribution in [3.8, 4) is 5.88 Å². The van der Waals surface area contributed by atoms with Gasteiger partial charge in [-0.3, -0.25) is 0 Å². The molecule has 0 fully saturated rings. The number of nitrogens with zero attached hydrogens (tertiary/aromatic N) is 1. The molecule has 2 aromatic rings. The molecule has 0 saturated carbocycles. The molecule has 0 atom stereocenters. The minimum Gasteiger partial charge on any atom is -0.474 e. The van der Waals surface area contributed by atoms with Crippen LogP contribution in [0.4, 0.5) is 10.1 Å². The highest BCUT2D eigenvalue weighted by molar-refractivity contribution is 9.10. The van der Waals surface area contributed by atoms with Crippen molar-refractivity contribution in [2.75, 3.05) is 18.5 Å². The van der Waals surface area contributed by atoms with Crippen LogP contribution in [0.25, 0.3) is 0 Å². The summed E-state index contributed by atoms with van der Waals surface area (Å²) < 4.78 is 19.1. The van der Waals surface area contributed by atoms with Gasteiger partial charge >= 0.3 is 0 Å². The topological polar surface area (TPSA) is 34.1 Å². The van der Waals surface area contributed by atoms with E-state index in [1.807, 2.05) is 6.07 Å². The summed E-state index contributed by atoms with van der Waals surface area (Å²) in [5.74, 6) is 0.405. The van der Waals surface area contributed by atoms with Gasteiger partial charge in [0.1, 0.15) is 17.0 Å². The summed E-state index contributed by atoms with van der Waals surface area (Å²) in [6, 6.07) is 8.53. The number of fused-ring (bicyclic) bond motifs is 1. The van der Waals surface area contributed by atoms with Gasteiger partial charge in [0.2, 0.25) is 5.88 Å². The Morgan fingerprint density at radius 3 is 2.89 bits per heavy atom. The zero-order valence-corrected chi connectivity index (χ0v) is 11.7. The molecule has 1 aliphatic rings. The maximum Gasteiger partial charge on any atom is 0.238 e. The third-order valence-corrected chi connectivity index (χ3v) is 3.66. The van der Waals surface area contributed by atoms with Crippen molar-refractivity contribution in [1.82, 2.24) is 4.98 Å². The Hall–Kier alpha value is -1.62. The molecule has 0 radical (unpaired) electrons. The molecule has 5 heteroatoms. The van der Waals surface area contributed by atoms with Crippen molar-refractivity contribution < 1.29 is 9.13 Å². The Balaban J connectivity index is 1.90. The molecule has 1 aromatic heterocycles. The molecule has 0 aliphatic carbocycles. The summed E-state index contributed by atoms with van der Waals surface area (Å²) in [6.07, 6.45) is 0.697. The van der Waals surface area contributed by atoms with E-state index in [1.54, 1.807) is 12.1 Å². The lowest BCUT2D eigenvalue weighted by atomic mass is 10.1. The number of anilines is 1. The van der Waals surface area contributed by atoms with Crippen molar-refractivity contribution in [1.29, 1.82) is 0 Å². The van der Waals surface area contributed by atoms with Crippen molar-refractivity contribution in [3.05, 3.63) is 51.9 Å². The average molecular weight is 323 g/mol. The second-order valence-electron chi connectivity index (χ2n) is 4.37. The number of nitrogens with one attached hydrogen (secondary N) is 1. The van der Waals surface area contributed by atoms with E-state index in [1.165, 1.54) is 12.1 Å². The first kappa shape index (κ1) is 12.4. The molecular weight excluding hydrogens is 311 g/mol. The summed E-state index contributed by atoms with van der Waals surface area (Å²) >= 11 is 3.45. The molecule has 0 spiro atoms. The third-order valence-electron chi connectivity index (χ3n) is 2.98. The second-order valence-corrected chi connectivity index (χ2v) is 5.12. The summed E-state index contributed by atoms with van der Waals surface area (Å²) in [5.41, 5.74) is 3.00. The van der Waals surface area contributed by atoms with Gasteiger partial charge in [0.15, 0.2) is 0 Å². The number of pyridine rings is 1. The van der Waals surface area contributed by atoms with Gasteiger partial charge in [-0.1, -0.05) is 12.1 Å². The normalized spacial score (nSPS) is 13.4. The molecule has 3 rings (SSSR count). The molecule has 0 unspecified atom stereocenters. The highest BCUT2D eigenvalue weighted by Crippen LogP contribution is 2.31. The van der Waals surface area contributed by atoms with Gasteiger partial charge in [0.05, 0.1) is 5.69 Å². The van der Waals surface area contributed by atoms with E-state index in [0.717, 1.165) is 28.0 Å². The highest BCUT2D eigenvalue weighted by atomic mass is 79.9. The predicted molar refractivity (Wildman–Crippen MR) is 75.1 cm³/mol. The number of ether oxygens (including phenoxy) is 1. The van der Waals surface area contributed by atoms with Gasteiger partial charge in [0.25, 0.3) is 0 Å². The summed E-state index contributed by atoms with van der Waals surface area (Å²) in [5, 5.41) is 3.26. The van der Waals surface area contributed by atoms with Gasteiger partial charge in [-0.25, -0.2) is 9.37 Å². The van der Waals surface area contributed by atoms with E-state index < -0.39 is 0 Å². The average Bonchev–Trinajstić information content (AvgIpc) is 2.42. The van der Waals surface area contributed by atoms with E-state index >= 15 is 0 Å². The van der Waals surface area contributed by atoms with E-state index in [-0.39, 0.29) is 5.82 Å². The number of hydrogen-bond acceptors (Lipinski definition) is 3. The number of halogens is 2. The Kier molecular flexibility index (Phi) is 3.38. The van der Waals surface area contributed by atoms with Crippen LogP contribution in [0.2, 0.25) is 0 Å². The molecule has 2 heterocycles. The van der Waals surface area contributed by atoms with Crippen LogP contribution in [0.15, 0.2) is 34.9 Å². The standard InChI is InChI=1S/C14H12BrFN2O/c15-13-10(7-9-1-3-11(16)4-2-9)8-12-14(18-13)19-6-5-17-12/h1-4,8,17H,5-7H2. The van der Waals surface area contributed by atoms with E-state index in [4.69, 9.17) is 4.74 Å². The van der Waals surface area contributed by atoms with Crippen LogP contribution in [0.5, 0.6) is 5.88 Å². The number of benzene rings is 1. The molecule has 0 amide bonds. The van der Waals surface area contributed by atoms with Crippen molar-refractivity contribution in [2.45, 2.75) is 6.42 Å². The smallest absolute Gasteiger partial charge is 0.238 e. The zero-order valence-electron chi connectivity index (χ0n) is 10.1. The van der Waals surface area contributed by atoms with Crippen LogP contribution in [0.1, 0.15) is 11.1 Å². The van der Waals surface area contributed by atoms with Crippen molar-refractivity contribution in [2.24, 2.45) is 0 Å². The van der Waals surface area contributed by atoms with Crippen LogP contribution < -0.4 is 10.1 Å². The molecule has 1 N–H and O–H groups in total. The maximum atomic E-state index is 12.9. The molecule has 0 bridgehead atoms. The first-order valence-electron chi connectivity index (χ1n) is 6.03. The minimum absolute atomic E-state index is 0.221. The van der Waals surface area contributed by atoms with Gasteiger partial charge in [0, 0.05) is 13.0 Å². The first-order valence-corrected chi connectivity index (χ1v) is 6.82. The number of hydrogen-bond donors (Lipinski definition) is 1. The van der Waals surface area contributed by atoms with Crippen LogP contribution in [-0.4, -0.2) is 18.1 Å². The van der Waals surface area contributed by atoms with Crippen LogP contribution in [-0.2, 0) is 6.42 Å². The molecule has 3 nitrogen and oxygen atoms in total. The molecule has 1 aromatic carbocycles. The summed E-state index contributed by atoms with van der Waals surface area (Å²) in [7, 11) is 0. The van der Waals surface area contributed by atoms with Crippen molar-refractivity contribution >= 4 is 21.6 Å². The third kappa shape index (κ3) is 2.71. The highest BCUT2D eigenvalue weighted by Gasteiger charge is 2.15. The Labute approximate surface area is 118 Å². The van der Waals surface area contributed by atoms with Crippen LogP contribution in [0.3, 0.4) is 0 Å². The number of rotatable bonds is 2. The van der Waals surface area contributed by atoms with Gasteiger partial charge in [-0.2, -0.15) is 0 Å². The predicted octanol–water partition coefficient (Wildman–Crippen LogP) is 3.38. The molecule has 1 aliphatic heterocycles. The van der Waals surface area contributed by atoms with Crippen LogP contribution in [0, 0.1) is 5.82 Å². The summed E-state index contributed by atoms with van der Waals surface area (Å²) in [6.45, 7) is 1.41. The summed E-state index contributed by atoms with van der Waals surface area (Å²) in [4.78, 5) is 4.39. The lowest BCUT2D eigenvalue weighted by Crippen LogP contribution is -2.19. The lowest BCUT2D eigenvalue weighted by molar-refractivity contribution is 0.309. The zero-order chi connectivity index (χ0) is 13.2. The van der Waals surface area contributed by atoms with Crippen molar-refractivity contribution in [3.63, 3.8) is 0 Å². The maximum absolute atomic E-state index is 12.9. The molecule has 0 saturated heterocycles. The van der Waals surface area contributed by atoms with Gasteiger partial charge < -0.3 is 10.1 Å². The second kappa shape index (κ2) is 5.17. The van der Waals surface area contributed by atoms with Crippen LogP contribution >= 0.6 is 15.9 Å². The van der Waals surface area contributed by atoms with E-state index in [2.05, 4.69) is 26.2 Å². The first-order chi connectivity index (χ1) is 9.22. The molecule has 98 valence electrons. The lowest BCUT2D eigenvalue weighted by Gasteiger charge is -2.19. The monoisotopic (exact) mass is 322 g/mol. The Morgan fingerprint density at radius 2 is 2.11 bits per heavy atom. The largest absolute Gasteiger partial charge is 0.474 e. The Morgan fingerprint density at radius 1 is 1.32 bits per heavy atom. The van der Waals surface area contributed by atoms with Gasteiger partial charge in [-0.05, 0) is 45.3 Å². The quantitative estimate of drug-likeness (QED) is 0.861. The SMILES string of the molecule is Fc1ccc(Cc2cc3c(nc2Br)OCCN3)cc1.